The molecule has 1 N–H and O–H groups in total. The Labute approximate surface area is 194 Å². The van der Waals surface area contributed by atoms with Crippen LogP contribution < -0.4 is 5.32 Å². The average molecular weight is 453 g/mol. The lowest BCUT2D eigenvalue weighted by Crippen LogP contribution is -2.30. The van der Waals surface area contributed by atoms with Crippen molar-refractivity contribution in [3.63, 3.8) is 0 Å². The minimum absolute atomic E-state index is 0.0884. The zero-order valence-electron chi connectivity index (χ0n) is 18.4. The predicted octanol–water partition coefficient (Wildman–Crippen LogP) is 3.60. The lowest BCUT2D eigenvalue weighted by molar-refractivity contribution is -0.123. The molecular formula is C26H19N3O5. The standard InChI is InChI=1S/C26H19N3O5/c1-14-6-5-9-22-28-21(13-29(14)22)26(33)34-15(2)25(32)27-16-10-11-19-20(12-16)24(31)18-8-4-3-7-17(18)23(19)30/h3-13,15H,1-2H3,(H,27,32). The largest absolute Gasteiger partial charge is 0.448 e. The zero-order valence-corrected chi connectivity index (χ0v) is 18.4. The number of aryl methyl sites for hydroxylation is 1. The fourth-order valence-electron chi connectivity index (χ4n) is 3.94. The van der Waals surface area contributed by atoms with E-state index in [9.17, 15) is 19.2 Å². The van der Waals surface area contributed by atoms with Crippen LogP contribution in [0.5, 0.6) is 0 Å². The SMILES string of the molecule is Cc1cccc2nc(C(=O)OC(C)C(=O)Nc3ccc4c(c3)C(=O)c3ccccc3C4=O)cn12. The number of anilines is 1. The van der Waals surface area contributed by atoms with E-state index < -0.39 is 18.0 Å². The van der Waals surface area contributed by atoms with Gasteiger partial charge >= 0.3 is 5.97 Å². The molecule has 0 fully saturated rings. The second-order valence-electron chi connectivity index (χ2n) is 8.02. The van der Waals surface area contributed by atoms with E-state index in [0.29, 0.717) is 22.5 Å². The second kappa shape index (κ2) is 8.08. The number of pyridine rings is 1. The molecule has 0 spiro atoms. The Morgan fingerprint density at radius 3 is 2.29 bits per heavy atom. The molecule has 1 atom stereocenters. The van der Waals surface area contributed by atoms with Crippen LogP contribution in [0.2, 0.25) is 0 Å². The van der Waals surface area contributed by atoms with Gasteiger partial charge in [0, 0.05) is 39.8 Å². The van der Waals surface area contributed by atoms with Gasteiger partial charge in [-0.2, -0.15) is 0 Å². The van der Waals surface area contributed by atoms with Crippen molar-refractivity contribution in [3.8, 4) is 0 Å². The molecule has 2 heterocycles. The number of ether oxygens (including phenoxy) is 1. The lowest BCUT2D eigenvalue weighted by atomic mass is 9.84. The molecular weight excluding hydrogens is 434 g/mol. The molecule has 8 heteroatoms. The van der Waals surface area contributed by atoms with Crippen molar-refractivity contribution in [1.29, 1.82) is 0 Å². The third-order valence-electron chi connectivity index (χ3n) is 5.75. The van der Waals surface area contributed by atoms with Crippen LogP contribution in [0.15, 0.2) is 66.9 Å². The van der Waals surface area contributed by atoms with E-state index in [1.165, 1.54) is 25.1 Å². The summed E-state index contributed by atoms with van der Waals surface area (Å²) in [6, 6.07) is 16.6. The van der Waals surface area contributed by atoms with Gasteiger partial charge in [-0.3, -0.25) is 14.4 Å². The first-order chi connectivity index (χ1) is 16.3. The van der Waals surface area contributed by atoms with Gasteiger partial charge in [-0.25, -0.2) is 9.78 Å². The van der Waals surface area contributed by atoms with E-state index in [4.69, 9.17) is 4.74 Å². The third-order valence-corrected chi connectivity index (χ3v) is 5.75. The first kappa shape index (κ1) is 21.3. The summed E-state index contributed by atoms with van der Waals surface area (Å²) in [6.07, 6.45) is 0.439. The molecule has 2 aromatic carbocycles. The molecule has 168 valence electrons. The summed E-state index contributed by atoms with van der Waals surface area (Å²) in [5.41, 5.74) is 3.08. The number of esters is 1. The number of imidazole rings is 1. The van der Waals surface area contributed by atoms with Gasteiger partial charge in [-0.1, -0.05) is 30.3 Å². The Kier molecular flexibility index (Phi) is 5.05. The van der Waals surface area contributed by atoms with Crippen LogP contribution in [0, 0.1) is 6.92 Å². The minimum Gasteiger partial charge on any atom is -0.448 e. The van der Waals surface area contributed by atoms with Gasteiger partial charge in [0.15, 0.2) is 23.4 Å². The van der Waals surface area contributed by atoms with Crippen LogP contribution in [0.25, 0.3) is 5.65 Å². The normalized spacial score (nSPS) is 13.2. The summed E-state index contributed by atoms with van der Waals surface area (Å²) in [5.74, 6) is -1.84. The van der Waals surface area contributed by atoms with Crippen LogP contribution in [-0.2, 0) is 9.53 Å². The molecule has 8 nitrogen and oxygen atoms in total. The molecule has 1 aliphatic rings. The summed E-state index contributed by atoms with van der Waals surface area (Å²) < 4.78 is 7.04. The van der Waals surface area contributed by atoms with Crippen molar-refractivity contribution in [2.45, 2.75) is 20.0 Å². The molecule has 4 aromatic rings. The number of nitrogens with one attached hydrogen (secondary N) is 1. The van der Waals surface area contributed by atoms with Gasteiger partial charge in [-0.15, -0.1) is 0 Å². The number of rotatable bonds is 4. The van der Waals surface area contributed by atoms with E-state index in [2.05, 4.69) is 10.3 Å². The highest BCUT2D eigenvalue weighted by molar-refractivity contribution is 6.28. The van der Waals surface area contributed by atoms with Gasteiger partial charge in [0.25, 0.3) is 5.91 Å². The number of ketones is 2. The molecule has 1 aliphatic carbocycles. The summed E-state index contributed by atoms with van der Waals surface area (Å²) in [4.78, 5) is 55.0. The molecule has 0 aliphatic heterocycles. The van der Waals surface area contributed by atoms with Crippen LogP contribution in [0.3, 0.4) is 0 Å². The number of hydrogen-bond acceptors (Lipinski definition) is 6. The van der Waals surface area contributed by atoms with Crippen molar-refractivity contribution in [2.75, 3.05) is 5.32 Å². The molecule has 5 rings (SSSR count). The van der Waals surface area contributed by atoms with E-state index in [0.717, 1.165) is 5.69 Å². The topological polar surface area (TPSA) is 107 Å². The van der Waals surface area contributed by atoms with Gasteiger partial charge in [0.2, 0.25) is 0 Å². The minimum atomic E-state index is -1.12. The monoisotopic (exact) mass is 453 g/mol. The fraction of sp³-hybridized carbons (Fsp3) is 0.115. The molecule has 2 aromatic heterocycles. The molecule has 0 saturated heterocycles. The highest BCUT2D eigenvalue weighted by Gasteiger charge is 2.30. The van der Waals surface area contributed by atoms with E-state index in [1.807, 2.05) is 19.1 Å². The van der Waals surface area contributed by atoms with Crippen molar-refractivity contribution in [1.82, 2.24) is 9.38 Å². The van der Waals surface area contributed by atoms with Gasteiger partial charge < -0.3 is 14.5 Å². The van der Waals surface area contributed by atoms with Crippen LogP contribution >= 0.6 is 0 Å². The van der Waals surface area contributed by atoms with Crippen LogP contribution in [-0.4, -0.2) is 38.9 Å². The number of aromatic nitrogens is 2. The fourth-order valence-corrected chi connectivity index (χ4v) is 3.94. The first-order valence-electron chi connectivity index (χ1n) is 10.6. The molecule has 1 unspecified atom stereocenters. The number of benzene rings is 2. The summed E-state index contributed by atoms with van der Waals surface area (Å²) >= 11 is 0. The molecule has 1 amide bonds. The predicted molar refractivity (Wildman–Crippen MR) is 123 cm³/mol. The molecule has 34 heavy (non-hydrogen) atoms. The van der Waals surface area contributed by atoms with E-state index >= 15 is 0 Å². The van der Waals surface area contributed by atoms with Crippen molar-refractivity contribution in [2.24, 2.45) is 0 Å². The third kappa shape index (κ3) is 3.55. The molecule has 0 bridgehead atoms. The second-order valence-corrected chi connectivity index (χ2v) is 8.02. The van der Waals surface area contributed by atoms with E-state index in [1.54, 1.807) is 40.9 Å². The van der Waals surface area contributed by atoms with Gasteiger partial charge in [0.05, 0.1) is 0 Å². The number of carbonyl (C=O) groups excluding carboxylic acids is 4. The van der Waals surface area contributed by atoms with Crippen LogP contribution in [0.1, 0.15) is 54.9 Å². The average Bonchev–Trinajstić information content (AvgIpc) is 3.28. The van der Waals surface area contributed by atoms with Crippen molar-refractivity contribution >= 4 is 34.8 Å². The first-order valence-corrected chi connectivity index (χ1v) is 10.6. The summed E-state index contributed by atoms with van der Waals surface area (Å²) in [7, 11) is 0. The maximum atomic E-state index is 12.9. The zero-order chi connectivity index (χ0) is 24.0. The highest BCUT2D eigenvalue weighted by Crippen LogP contribution is 2.29. The maximum Gasteiger partial charge on any atom is 0.359 e. The summed E-state index contributed by atoms with van der Waals surface area (Å²) in [6.45, 7) is 3.33. The number of carbonyl (C=O) groups is 4. The number of hydrogen-bond donors (Lipinski definition) is 1. The summed E-state index contributed by atoms with van der Waals surface area (Å²) in [5, 5.41) is 2.64. The lowest BCUT2D eigenvalue weighted by Gasteiger charge is -2.19. The Bertz CT molecular complexity index is 1520. The molecule has 0 saturated carbocycles. The van der Waals surface area contributed by atoms with Crippen molar-refractivity contribution in [3.05, 3.63) is 101 Å². The quantitative estimate of drug-likeness (QED) is 0.417. The smallest absolute Gasteiger partial charge is 0.359 e. The maximum absolute atomic E-state index is 12.9. The van der Waals surface area contributed by atoms with E-state index in [-0.39, 0.29) is 28.4 Å². The van der Waals surface area contributed by atoms with Gasteiger partial charge in [0.1, 0.15) is 5.65 Å². The number of fused-ring (bicyclic) bond motifs is 3. The number of amides is 1. The highest BCUT2D eigenvalue weighted by atomic mass is 16.5. The van der Waals surface area contributed by atoms with Gasteiger partial charge in [-0.05, 0) is 44.2 Å². The molecule has 0 radical (unpaired) electrons. The Morgan fingerprint density at radius 1 is 0.912 bits per heavy atom. The Balaban J connectivity index is 1.31. The Morgan fingerprint density at radius 2 is 1.59 bits per heavy atom. The number of nitrogens with zero attached hydrogens (tertiary/aromatic N) is 2. The Hall–Kier alpha value is -4.59. The van der Waals surface area contributed by atoms with Crippen molar-refractivity contribution < 1.29 is 23.9 Å². The van der Waals surface area contributed by atoms with Crippen LogP contribution in [0.4, 0.5) is 5.69 Å².